The van der Waals surface area contributed by atoms with Crippen LogP contribution in [0.25, 0.3) is 0 Å². The number of nitrogens with two attached hydrogens (primary N) is 1. The van der Waals surface area contributed by atoms with E-state index < -0.39 is 6.04 Å². The molecule has 5 nitrogen and oxygen atoms in total. The molecule has 1 atom stereocenters. The van der Waals surface area contributed by atoms with Crippen molar-refractivity contribution < 1.29 is 9.90 Å². The van der Waals surface area contributed by atoms with Crippen LogP contribution in [0.5, 0.6) is 0 Å². The molecule has 1 aromatic heterocycles. The minimum Gasteiger partial charge on any atom is -0.389 e. The van der Waals surface area contributed by atoms with Crippen LogP contribution in [0.3, 0.4) is 0 Å². The smallest absolute Gasteiger partial charge is 0.185 e. The van der Waals surface area contributed by atoms with Crippen molar-refractivity contribution >= 4 is 22.3 Å². The Morgan fingerprint density at radius 1 is 1.40 bits per heavy atom. The van der Waals surface area contributed by atoms with E-state index in [1.807, 2.05) is 28.5 Å². The normalized spacial score (nSPS) is 16.8. The molecule has 2 aromatic rings. The van der Waals surface area contributed by atoms with Crippen molar-refractivity contribution in [2.24, 2.45) is 5.73 Å². The van der Waals surface area contributed by atoms with E-state index in [1.54, 1.807) is 12.1 Å². The molecule has 1 aliphatic heterocycles. The average molecular weight is 289 g/mol. The van der Waals surface area contributed by atoms with Crippen molar-refractivity contribution in [2.75, 3.05) is 18.0 Å². The molecule has 0 amide bonds. The molecule has 3 N–H and O–H groups in total. The first-order chi connectivity index (χ1) is 9.65. The maximum atomic E-state index is 12.2. The van der Waals surface area contributed by atoms with Gasteiger partial charge in [0.25, 0.3) is 0 Å². The molecule has 3 rings (SSSR count). The highest BCUT2D eigenvalue weighted by atomic mass is 32.1. The predicted molar refractivity (Wildman–Crippen MR) is 78.0 cm³/mol. The summed E-state index contributed by atoms with van der Waals surface area (Å²) >= 11 is 1.45. The van der Waals surface area contributed by atoms with E-state index in [4.69, 9.17) is 5.73 Å². The first-order valence-electron chi connectivity index (χ1n) is 6.38. The third kappa shape index (κ3) is 2.45. The lowest BCUT2D eigenvalue weighted by Crippen LogP contribution is -2.50. The number of benzene rings is 1. The SMILES string of the molecule is NC(C(=O)c1ccccc1)c1csc(N2CC(O)C2)n1. The maximum absolute atomic E-state index is 12.2. The van der Waals surface area contributed by atoms with E-state index in [-0.39, 0.29) is 11.9 Å². The van der Waals surface area contributed by atoms with E-state index >= 15 is 0 Å². The Hall–Kier alpha value is -1.76. The third-order valence-electron chi connectivity index (χ3n) is 3.30. The number of carbonyl (C=O) groups excluding carboxylic acids is 1. The number of aromatic nitrogens is 1. The Kier molecular flexibility index (Phi) is 3.52. The second kappa shape index (κ2) is 5.32. The monoisotopic (exact) mass is 289 g/mol. The van der Waals surface area contributed by atoms with Crippen LogP contribution < -0.4 is 10.6 Å². The zero-order valence-corrected chi connectivity index (χ0v) is 11.6. The Morgan fingerprint density at radius 2 is 2.10 bits per heavy atom. The van der Waals surface area contributed by atoms with Gasteiger partial charge in [0.05, 0.1) is 11.8 Å². The molecule has 0 spiro atoms. The number of rotatable bonds is 4. The standard InChI is InChI=1S/C14H15N3O2S/c15-12(13(19)9-4-2-1-3-5-9)11-8-20-14(16-11)17-6-10(18)7-17/h1-5,8,10,12,18H,6-7,15H2. The van der Waals surface area contributed by atoms with Crippen molar-refractivity contribution in [1.29, 1.82) is 0 Å². The van der Waals surface area contributed by atoms with Gasteiger partial charge in [-0.15, -0.1) is 11.3 Å². The summed E-state index contributed by atoms with van der Waals surface area (Å²) in [7, 11) is 0. The number of Topliss-reactive ketones (excluding diaryl/α,β-unsaturated/α-hetero) is 1. The van der Waals surface area contributed by atoms with Gasteiger partial charge < -0.3 is 15.7 Å². The molecule has 0 bridgehead atoms. The lowest BCUT2D eigenvalue weighted by atomic mass is 10.0. The van der Waals surface area contributed by atoms with Crippen molar-refractivity contribution in [3.8, 4) is 0 Å². The van der Waals surface area contributed by atoms with Gasteiger partial charge in [0.15, 0.2) is 10.9 Å². The van der Waals surface area contributed by atoms with Crippen LogP contribution in [0, 0.1) is 0 Å². The first-order valence-corrected chi connectivity index (χ1v) is 7.26. The van der Waals surface area contributed by atoms with Gasteiger partial charge in [-0.05, 0) is 0 Å². The van der Waals surface area contributed by atoms with Gasteiger partial charge in [-0.25, -0.2) is 4.98 Å². The van der Waals surface area contributed by atoms with Crippen LogP contribution >= 0.6 is 11.3 Å². The molecule has 1 aliphatic rings. The van der Waals surface area contributed by atoms with E-state index in [9.17, 15) is 9.90 Å². The summed E-state index contributed by atoms with van der Waals surface area (Å²) in [6, 6.07) is 8.25. The molecule has 1 saturated heterocycles. The lowest BCUT2D eigenvalue weighted by molar-refractivity contribution is 0.0959. The zero-order chi connectivity index (χ0) is 14.1. The molecule has 6 heteroatoms. The number of hydrogen-bond donors (Lipinski definition) is 2. The Bertz CT molecular complexity index is 608. The molecule has 104 valence electrons. The summed E-state index contributed by atoms with van der Waals surface area (Å²) < 4.78 is 0. The molecule has 1 unspecified atom stereocenters. The second-order valence-electron chi connectivity index (χ2n) is 4.82. The van der Waals surface area contributed by atoms with E-state index in [0.29, 0.717) is 24.3 Å². The third-order valence-corrected chi connectivity index (χ3v) is 4.22. The number of β-amino-alcohol motifs (C(OH)–C–C–N with tert-alkyl or cyclic N) is 1. The zero-order valence-electron chi connectivity index (χ0n) is 10.8. The van der Waals surface area contributed by atoms with E-state index in [1.165, 1.54) is 11.3 Å². The topological polar surface area (TPSA) is 79.5 Å². The molecule has 2 heterocycles. The Balaban J connectivity index is 1.74. The molecule has 20 heavy (non-hydrogen) atoms. The quantitative estimate of drug-likeness (QED) is 0.827. The van der Waals surface area contributed by atoms with Crippen molar-refractivity contribution in [3.05, 3.63) is 47.0 Å². The van der Waals surface area contributed by atoms with Gasteiger partial charge in [0, 0.05) is 24.0 Å². The van der Waals surface area contributed by atoms with Crippen LogP contribution in [0.4, 0.5) is 5.13 Å². The molecule has 0 radical (unpaired) electrons. The summed E-state index contributed by atoms with van der Waals surface area (Å²) in [4.78, 5) is 18.6. The molecular weight excluding hydrogens is 274 g/mol. The van der Waals surface area contributed by atoms with Gasteiger partial charge in [0.1, 0.15) is 6.04 Å². The number of aliphatic hydroxyl groups excluding tert-OH is 1. The highest BCUT2D eigenvalue weighted by Gasteiger charge is 2.28. The largest absolute Gasteiger partial charge is 0.389 e. The van der Waals surface area contributed by atoms with Crippen LogP contribution in [0.1, 0.15) is 22.1 Å². The lowest BCUT2D eigenvalue weighted by Gasteiger charge is -2.35. The summed E-state index contributed by atoms with van der Waals surface area (Å²) in [5.41, 5.74) is 7.17. The van der Waals surface area contributed by atoms with Gasteiger partial charge in [-0.2, -0.15) is 0 Å². The number of carbonyl (C=O) groups is 1. The molecule has 1 aromatic carbocycles. The van der Waals surface area contributed by atoms with Gasteiger partial charge >= 0.3 is 0 Å². The summed E-state index contributed by atoms with van der Waals surface area (Å²) in [5.74, 6) is -0.133. The molecule has 1 fully saturated rings. The average Bonchev–Trinajstić information content (AvgIpc) is 2.92. The molecule has 0 aliphatic carbocycles. The van der Waals surface area contributed by atoms with Crippen molar-refractivity contribution in [3.63, 3.8) is 0 Å². The number of hydrogen-bond acceptors (Lipinski definition) is 6. The number of anilines is 1. The second-order valence-corrected chi connectivity index (χ2v) is 5.66. The highest BCUT2D eigenvalue weighted by Crippen LogP contribution is 2.28. The number of aliphatic hydroxyl groups is 1. The minimum absolute atomic E-state index is 0.133. The summed E-state index contributed by atoms with van der Waals surface area (Å²) in [6.07, 6.45) is -0.276. The van der Waals surface area contributed by atoms with E-state index in [2.05, 4.69) is 4.98 Å². The van der Waals surface area contributed by atoms with Crippen LogP contribution in [-0.4, -0.2) is 35.1 Å². The Labute approximate surface area is 120 Å². The number of nitrogens with zero attached hydrogens (tertiary/aromatic N) is 2. The molecule has 0 saturated carbocycles. The fourth-order valence-electron chi connectivity index (χ4n) is 2.09. The van der Waals surface area contributed by atoms with Gasteiger partial charge in [-0.1, -0.05) is 30.3 Å². The van der Waals surface area contributed by atoms with Crippen molar-refractivity contribution in [1.82, 2.24) is 4.98 Å². The van der Waals surface area contributed by atoms with Crippen molar-refractivity contribution in [2.45, 2.75) is 12.1 Å². The fraction of sp³-hybridized carbons (Fsp3) is 0.286. The maximum Gasteiger partial charge on any atom is 0.185 e. The van der Waals surface area contributed by atoms with E-state index in [0.717, 1.165) is 5.13 Å². The minimum atomic E-state index is -0.742. The highest BCUT2D eigenvalue weighted by molar-refractivity contribution is 7.13. The Morgan fingerprint density at radius 3 is 2.75 bits per heavy atom. The molecular formula is C14H15N3O2S. The summed E-state index contributed by atoms with van der Waals surface area (Å²) in [6.45, 7) is 1.18. The summed E-state index contributed by atoms with van der Waals surface area (Å²) in [5, 5.41) is 11.9. The van der Waals surface area contributed by atoms with Crippen LogP contribution in [-0.2, 0) is 0 Å². The fourth-order valence-corrected chi connectivity index (χ4v) is 2.97. The number of thiazole rings is 1. The van der Waals surface area contributed by atoms with Gasteiger partial charge in [-0.3, -0.25) is 4.79 Å². The van der Waals surface area contributed by atoms with Gasteiger partial charge in [0.2, 0.25) is 0 Å². The van der Waals surface area contributed by atoms with Crippen LogP contribution in [0.2, 0.25) is 0 Å². The van der Waals surface area contributed by atoms with Crippen LogP contribution in [0.15, 0.2) is 35.7 Å². The number of ketones is 1. The predicted octanol–water partition coefficient (Wildman–Crippen LogP) is 1.21. The first kappa shape index (κ1) is 13.2.